The van der Waals surface area contributed by atoms with Crippen molar-refractivity contribution in [2.75, 3.05) is 16.7 Å². The minimum Gasteiger partial charge on any atom is -0.478 e. The zero-order valence-corrected chi connectivity index (χ0v) is 14.8. The average molecular weight is 362 g/mol. The van der Waals surface area contributed by atoms with E-state index in [4.69, 9.17) is 5.11 Å². The minimum absolute atomic E-state index is 0.0997. The van der Waals surface area contributed by atoms with Crippen LogP contribution >= 0.6 is 0 Å². The highest BCUT2D eigenvalue weighted by Crippen LogP contribution is 2.23. The molecular weight excluding hydrogens is 344 g/mol. The van der Waals surface area contributed by atoms with Gasteiger partial charge in [0.15, 0.2) is 0 Å². The molecule has 0 radical (unpaired) electrons. The highest BCUT2D eigenvalue weighted by Gasteiger charge is 2.19. The molecule has 0 aromatic heterocycles. The Kier molecular flexibility index (Phi) is 5.13. The Hall–Kier alpha value is -2.87. The molecule has 25 heavy (non-hydrogen) atoms. The first-order chi connectivity index (χ1) is 11.6. The fraction of sp³-hybridized carbons (Fsp3) is 0.176. The number of anilines is 2. The molecule has 2 N–H and O–H groups in total. The summed E-state index contributed by atoms with van der Waals surface area (Å²) in [6.07, 6.45) is 0. The molecule has 1 amide bonds. The molecule has 0 fully saturated rings. The summed E-state index contributed by atoms with van der Waals surface area (Å²) in [6.45, 7) is 3.01. The zero-order valence-electron chi connectivity index (χ0n) is 14.0. The Morgan fingerprint density at radius 2 is 1.68 bits per heavy atom. The molecule has 132 valence electrons. The Bertz CT molecular complexity index is 921. The fourth-order valence-corrected chi connectivity index (χ4v) is 3.50. The van der Waals surface area contributed by atoms with Crippen molar-refractivity contribution >= 4 is 33.3 Å². The van der Waals surface area contributed by atoms with Crippen LogP contribution in [0.15, 0.2) is 47.4 Å². The van der Waals surface area contributed by atoms with Gasteiger partial charge in [0.1, 0.15) is 0 Å². The second kappa shape index (κ2) is 6.94. The number of carboxylic acids is 1. The Morgan fingerprint density at radius 3 is 2.20 bits per heavy atom. The maximum atomic E-state index is 12.6. The van der Waals surface area contributed by atoms with Crippen LogP contribution in [0, 0.1) is 6.92 Å². The Morgan fingerprint density at radius 1 is 1.08 bits per heavy atom. The second-order valence-corrected chi connectivity index (χ2v) is 7.17. The molecule has 0 aliphatic carbocycles. The molecule has 0 bridgehead atoms. The summed E-state index contributed by atoms with van der Waals surface area (Å²) in [5, 5.41) is 9.04. The molecule has 0 heterocycles. The minimum atomic E-state index is -3.94. The number of aryl methyl sites for hydroxylation is 1. The molecule has 2 rings (SSSR count). The van der Waals surface area contributed by atoms with Gasteiger partial charge in [0.2, 0.25) is 5.91 Å². The van der Waals surface area contributed by atoms with E-state index in [0.717, 1.165) is 6.07 Å². The van der Waals surface area contributed by atoms with Crippen LogP contribution in [0.2, 0.25) is 0 Å². The molecule has 0 unspecified atom stereocenters. The second-order valence-electron chi connectivity index (χ2n) is 5.52. The summed E-state index contributed by atoms with van der Waals surface area (Å²) < 4.78 is 27.5. The lowest BCUT2D eigenvalue weighted by molar-refractivity contribution is -0.116. The normalized spacial score (nSPS) is 11.0. The highest BCUT2D eigenvalue weighted by atomic mass is 32.2. The summed E-state index contributed by atoms with van der Waals surface area (Å²) in [6, 6.07) is 10.2. The Balaban J connectivity index is 2.32. The van der Waals surface area contributed by atoms with Crippen LogP contribution in [0.25, 0.3) is 0 Å². The van der Waals surface area contributed by atoms with Gasteiger partial charge < -0.3 is 10.0 Å². The van der Waals surface area contributed by atoms with Crippen LogP contribution in [0.3, 0.4) is 0 Å². The summed E-state index contributed by atoms with van der Waals surface area (Å²) in [5.41, 5.74) is 1.26. The number of benzene rings is 2. The number of amides is 1. The third-order valence-electron chi connectivity index (χ3n) is 3.70. The zero-order chi connectivity index (χ0) is 18.8. The predicted octanol–water partition coefficient (Wildman–Crippen LogP) is 2.48. The van der Waals surface area contributed by atoms with Crippen molar-refractivity contribution in [3.05, 3.63) is 53.6 Å². The van der Waals surface area contributed by atoms with E-state index < -0.39 is 16.0 Å². The van der Waals surface area contributed by atoms with Crippen LogP contribution in [0.1, 0.15) is 22.8 Å². The van der Waals surface area contributed by atoms with Crippen LogP contribution in [-0.2, 0) is 14.8 Å². The van der Waals surface area contributed by atoms with Crippen LogP contribution in [0.5, 0.6) is 0 Å². The lowest BCUT2D eigenvalue weighted by atomic mass is 10.1. The van der Waals surface area contributed by atoms with Gasteiger partial charge in [-0.25, -0.2) is 13.2 Å². The first kappa shape index (κ1) is 18.5. The number of carbonyl (C=O) groups is 2. The summed E-state index contributed by atoms with van der Waals surface area (Å²) >= 11 is 0. The summed E-state index contributed by atoms with van der Waals surface area (Å²) in [5.74, 6) is -1.34. The van der Waals surface area contributed by atoms with Gasteiger partial charge in [0.05, 0.1) is 10.5 Å². The van der Waals surface area contributed by atoms with Gasteiger partial charge in [-0.15, -0.1) is 0 Å². The molecule has 0 aliphatic rings. The van der Waals surface area contributed by atoms with E-state index in [2.05, 4.69) is 4.72 Å². The first-order valence-electron chi connectivity index (χ1n) is 7.33. The van der Waals surface area contributed by atoms with Gasteiger partial charge in [0.25, 0.3) is 10.0 Å². The lowest BCUT2D eigenvalue weighted by Crippen LogP contribution is -2.22. The average Bonchev–Trinajstić information content (AvgIpc) is 2.54. The van der Waals surface area contributed by atoms with Crippen molar-refractivity contribution in [3.63, 3.8) is 0 Å². The van der Waals surface area contributed by atoms with Crippen LogP contribution in [0.4, 0.5) is 11.4 Å². The van der Waals surface area contributed by atoms with Crippen molar-refractivity contribution in [3.8, 4) is 0 Å². The number of nitrogens with one attached hydrogen (secondary N) is 1. The van der Waals surface area contributed by atoms with E-state index in [1.165, 1.54) is 36.1 Å². The van der Waals surface area contributed by atoms with E-state index in [0.29, 0.717) is 16.9 Å². The molecular formula is C17H18N2O5S. The summed E-state index contributed by atoms with van der Waals surface area (Å²) in [4.78, 5) is 23.7. The maximum Gasteiger partial charge on any atom is 0.335 e. The quantitative estimate of drug-likeness (QED) is 0.850. The molecule has 0 aliphatic heterocycles. The van der Waals surface area contributed by atoms with Crippen LogP contribution < -0.4 is 9.62 Å². The molecule has 0 saturated carbocycles. The van der Waals surface area contributed by atoms with Crippen molar-refractivity contribution in [2.45, 2.75) is 18.7 Å². The largest absolute Gasteiger partial charge is 0.478 e. The fourth-order valence-electron chi connectivity index (χ4n) is 2.17. The number of hydrogen-bond donors (Lipinski definition) is 2. The third kappa shape index (κ3) is 4.16. The molecule has 2 aromatic carbocycles. The van der Waals surface area contributed by atoms with Crippen molar-refractivity contribution in [1.29, 1.82) is 0 Å². The van der Waals surface area contributed by atoms with Gasteiger partial charge in [0, 0.05) is 25.3 Å². The maximum absolute atomic E-state index is 12.6. The van der Waals surface area contributed by atoms with Gasteiger partial charge in [-0.3, -0.25) is 9.52 Å². The van der Waals surface area contributed by atoms with Gasteiger partial charge in [-0.2, -0.15) is 0 Å². The Labute approximate surface area is 146 Å². The topological polar surface area (TPSA) is 104 Å². The van der Waals surface area contributed by atoms with E-state index in [-0.39, 0.29) is 16.4 Å². The first-order valence-corrected chi connectivity index (χ1v) is 8.81. The van der Waals surface area contributed by atoms with Crippen molar-refractivity contribution in [2.24, 2.45) is 0 Å². The molecule has 8 heteroatoms. The predicted molar refractivity (Wildman–Crippen MR) is 94.5 cm³/mol. The van der Waals surface area contributed by atoms with E-state index in [9.17, 15) is 18.0 Å². The molecule has 2 aromatic rings. The SMILES string of the molecule is CC(=O)N(C)c1ccc(NS(=O)(=O)c2cc(C(=O)O)ccc2C)cc1. The lowest BCUT2D eigenvalue weighted by Gasteiger charge is -2.16. The van der Waals surface area contributed by atoms with Gasteiger partial charge >= 0.3 is 5.97 Å². The number of sulfonamides is 1. The number of carboxylic acid groups (broad SMARTS) is 1. The number of carbonyl (C=O) groups excluding carboxylic acids is 1. The molecule has 0 saturated heterocycles. The third-order valence-corrected chi connectivity index (χ3v) is 5.23. The number of nitrogens with zero attached hydrogens (tertiary/aromatic N) is 1. The highest BCUT2D eigenvalue weighted by molar-refractivity contribution is 7.92. The molecule has 0 atom stereocenters. The van der Waals surface area contributed by atoms with E-state index in [1.54, 1.807) is 26.1 Å². The monoisotopic (exact) mass is 362 g/mol. The summed E-state index contributed by atoms with van der Waals surface area (Å²) in [7, 11) is -2.33. The van der Waals surface area contributed by atoms with E-state index in [1.807, 2.05) is 0 Å². The van der Waals surface area contributed by atoms with Crippen LogP contribution in [-0.4, -0.2) is 32.4 Å². The van der Waals surface area contributed by atoms with Gasteiger partial charge in [-0.1, -0.05) is 6.07 Å². The number of rotatable bonds is 5. The molecule has 7 nitrogen and oxygen atoms in total. The number of aromatic carboxylic acids is 1. The van der Waals surface area contributed by atoms with Gasteiger partial charge in [-0.05, 0) is 48.9 Å². The van der Waals surface area contributed by atoms with E-state index >= 15 is 0 Å². The number of hydrogen-bond acceptors (Lipinski definition) is 4. The molecule has 0 spiro atoms. The smallest absolute Gasteiger partial charge is 0.335 e. The van der Waals surface area contributed by atoms with Crippen molar-refractivity contribution < 1.29 is 23.1 Å². The van der Waals surface area contributed by atoms with Crippen molar-refractivity contribution in [1.82, 2.24) is 0 Å². The standard InChI is InChI=1S/C17H18N2O5S/c1-11-4-5-13(17(21)22)10-16(11)25(23,24)18-14-6-8-15(9-7-14)19(3)12(2)20/h4-10,18H,1-3H3,(H,21,22).